The van der Waals surface area contributed by atoms with Crippen LogP contribution in [0, 0.1) is 5.92 Å². The molecule has 1 aromatic rings. The summed E-state index contributed by atoms with van der Waals surface area (Å²) in [5.74, 6) is 0.759. The molecular weight excluding hydrogens is 158 g/mol. The highest BCUT2D eigenvalue weighted by Crippen LogP contribution is 2.38. The maximum absolute atomic E-state index is 2.49. The fourth-order valence-electron chi connectivity index (χ4n) is 2.26. The van der Waals surface area contributed by atoms with Gasteiger partial charge < -0.3 is 4.90 Å². The molecule has 2 atom stereocenters. The summed E-state index contributed by atoms with van der Waals surface area (Å²) in [6, 6.07) is 12.2. The number of nitrogens with zero attached hydrogens (tertiary/aromatic N) is 1. The van der Waals surface area contributed by atoms with Gasteiger partial charge in [-0.2, -0.15) is 0 Å². The molecule has 2 rings (SSSR count). The molecule has 0 aromatic heterocycles. The highest BCUT2D eigenvalue weighted by molar-refractivity contribution is 5.56. The SMILES string of the molecule is CC(C)[C@@H]1[C@H](C)N1c1ccccc1. The second kappa shape index (κ2) is 3.06. The van der Waals surface area contributed by atoms with Gasteiger partial charge in [-0.05, 0) is 25.0 Å². The van der Waals surface area contributed by atoms with Crippen molar-refractivity contribution in [1.82, 2.24) is 0 Å². The molecule has 1 heterocycles. The van der Waals surface area contributed by atoms with Crippen molar-refractivity contribution in [3.63, 3.8) is 0 Å². The number of hydrogen-bond donors (Lipinski definition) is 0. The Labute approximate surface area is 80.4 Å². The molecule has 0 N–H and O–H groups in total. The lowest BCUT2D eigenvalue weighted by Crippen LogP contribution is -2.05. The van der Waals surface area contributed by atoms with Gasteiger partial charge >= 0.3 is 0 Å². The zero-order chi connectivity index (χ0) is 9.42. The van der Waals surface area contributed by atoms with Crippen LogP contribution >= 0.6 is 0 Å². The van der Waals surface area contributed by atoms with Gasteiger partial charge in [-0.1, -0.05) is 32.0 Å². The third kappa shape index (κ3) is 1.43. The van der Waals surface area contributed by atoms with Crippen LogP contribution in [0.4, 0.5) is 5.69 Å². The quantitative estimate of drug-likeness (QED) is 0.624. The normalized spacial score (nSPS) is 26.6. The van der Waals surface area contributed by atoms with Crippen molar-refractivity contribution >= 4 is 5.69 Å². The van der Waals surface area contributed by atoms with Crippen LogP contribution in [-0.4, -0.2) is 12.1 Å². The molecule has 0 radical (unpaired) electrons. The number of benzene rings is 1. The Morgan fingerprint density at radius 1 is 1.15 bits per heavy atom. The van der Waals surface area contributed by atoms with Crippen molar-refractivity contribution in [2.45, 2.75) is 32.9 Å². The lowest BCUT2D eigenvalue weighted by atomic mass is 10.1. The van der Waals surface area contributed by atoms with E-state index in [0.29, 0.717) is 0 Å². The summed E-state index contributed by atoms with van der Waals surface area (Å²) in [6.45, 7) is 6.89. The van der Waals surface area contributed by atoms with E-state index in [1.165, 1.54) is 5.69 Å². The van der Waals surface area contributed by atoms with Gasteiger partial charge in [0.2, 0.25) is 0 Å². The fraction of sp³-hybridized carbons (Fsp3) is 0.500. The third-order valence-electron chi connectivity index (χ3n) is 2.90. The van der Waals surface area contributed by atoms with Gasteiger partial charge in [-0.15, -0.1) is 0 Å². The highest BCUT2D eigenvalue weighted by atomic mass is 15.4. The van der Waals surface area contributed by atoms with E-state index in [-0.39, 0.29) is 0 Å². The largest absolute Gasteiger partial charge is 0.361 e. The molecule has 0 saturated carbocycles. The molecule has 0 amide bonds. The molecule has 13 heavy (non-hydrogen) atoms. The minimum absolute atomic E-state index is 0.724. The monoisotopic (exact) mass is 175 g/mol. The van der Waals surface area contributed by atoms with E-state index in [1.54, 1.807) is 0 Å². The standard InChI is InChI=1S/C12H17N/c1-9(2)12-10(3)13(12)11-7-5-4-6-8-11/h4-10,12H,1-3H3/t10-,12+,13?/m0/s1. The maximum atomic E-state index is 2.49. The van der Waals surface area contributed by atoms with E-state index in [0.717, 1.165) is 18.0 Å². The minimum Gasteiger partial charge on any atom is -0.361 e. The lowest BCUT2D eigenvalue weighted by molar-refractivity contribution is 0.630. The van der Waals surface area contributed by atoms with Crippen molar-refractivity contribution in [1.29, 1.82) is 0 Å². The Kier molecular flexibility index (Phi) is 2.03. The fourth-order valence-corrected chi connectivity index (χ4v) is 2.26. The molecular formula is C12H17N. The second-order valence-electron chi connectivity index (χ2n) is 4.22. The molecule has 1 saturated heterocycles. The van der Waals surface area contributed by atoms with Crippen molar-refractivity contribution in [2.75, 3.05) is 4.90 Å². The van der Waals surface area contributed by atoms with Crippen LogP contribution in [0.25, 0.3) is 0 Å². The van der Waals surface area contributed by atoms with Gasteiger partial charge in [-0.25, -0.2) is 0 Å². The van der Waals surface area contributed by atoms with E-state index >= 15 is 0 Å². The molecule has 1 heteroatoms. The zero-order valence-corrected chi connectivity index (χ0v) is 8.57. The Bertz CT molecular complexity index is 278. The Balaban J connectivity index is 2.14. The van der Waals surface area contributed by atoms with Crippen molar-refractivity contribution in [2.24, 2.45) is 5.92 Å². The molecule has 0 unspecified atom stereocenters. The average Bonchev–Trinajstić information content (AvgIpc) is 2.79. The molecule has 0 bridgehead atoms. The van der Waals surface area contributed by atoms with Crippen LogP contribution < -0.4 is 4.90 Å². The van der Waals surface area contributed by atoms with E-state index < -0.39 is 0 Å². The first-order chi connectivity index (χ1) is 6.22. The number of rotatable bonds is 2. The predicted octanol–water partition coefficient (Wildman–Crippen LogP) is 2.92. The smallest absolute Gasteiger partial charge is 0.0517 e. The topological polar surface area (TPSA) is 3.01 Å². The van der Waals surface area contributed by atoms with Crippen molar-refractivity contribution in [3.05, 3.63) is 30.3 Å². The first-order valence-electron chi connectivity index (χ1n) is 5.05. The third-order valence-corrected chi connectivity index (χ3v) is 2.90. The Morgan fingerprint density at radius 3 is 2.23 bits per heavy atom. The van der Waals surface area contributed by atoms with Crippen LogP contribution in [0.15, 0.2) is 30.3 Å². The van der Waals surface area contributed by atoms with Crippen molar-refractivity contribution < 1.29 is 0 Å². The van der Waals surface area contributed by atoms with Gasteiger partial charge in [0.25, 0.3) is 0 Å². The summed E-state index contributed by atoms with van der Waals surface area (Å²) in [6.07, 6.45) is 0. The predicted molar refractivity (Wildman–Crippen MR) is 57.0 cm³/mol. The van der Waals surface area contributed by atoms with Gasteiger partial charge in [0.05, 0.1) is 6.04 Å². The van der Waals surface area contributed by atoms with E-state index in [2.05, 4.69) is 56.0 Å². The number of para-hydroxylation sites is 1. The molecule has 1 nitrogen and oxygen atoms in total. The summed E-state index contributed by atoms with van der Waals surface area (Å²) in [5.41, 5.74) is 1.37. The summed E-state index contributed by atoms with van der Waals surface area (Å²) in [7, 11) is 0. The van der Waals surface area contributed by atoms with Crippen LogP contribution in [0.3, 0.4) is 0 Å². The molecule has 1 aliphatic heterocycles. The van der Waals surface area contributed by atoms with Gasteiger partial charge in [0.1, 0.15) is 0 Å². The van der Waals surface area contributed by atoms with E-state index in [4.69, 9.17) is 0 Å². The first-order valence-corrected chi connectivity index (χ1v) is 5.05. The first kappa shape index (κ1) is 8.61. The van der Waals surface area contributed by atoms with Crippen LogP contribution in [0.2, 0.25) is 0 Å². The van der Waals surface area contributed by atoms with E-state index in [9.17, 15) is 0 Å². The average molecular weight is 175 g/mol. The van der Waals surface area contributed by atoms with Crippen molar-refractivity contribution in [3.8, 4) is 0 Å². The maximum Gasteiger partial charge on any atom is 0.0517 e. The Hall–Kier alpha value is -0.980. The molecule has 1 aliphatic rings. The molecule has 1 aromatic carbocycles. The van der Waals surface area contributed by atoms with Crippen LogP contribution in [0.5, 0.6) is 0 Å². The molecule has 1 fully saturated rings. The molecule has 70 valence electrons. The summed E-state index contributed by atoms with van der Waals surface area (Å²) in [4.78, 5) is 2.49. The van der Waals surface area contributed by atoms with E-state index in [1.807, 2.05) is 0 Å². The summed E-state index contributed by atoms with van der Waals surface area (Å²) < 4.78 is 0. The number of hydrogen-bond acceptors (Lipinski definition) is 1. The lowest BCUT2D eigenvalue weighted by Gasteiger charge is -2.06. The molecule has 0 spiro atoms. The van der Waals surface area contributed by atoms with Gasteiger partial charge in [0.15, 0.2) is 0 Å². The zero-order valence-electron chi connectivity index (χ0n) is 8.57. The second-order valence-corrected chi connectivity index (χ2v) is 4.22. The Morgan fingerprint density at radius 2 is 1.77 bits per heavy atom. The minimum atomic E-state index is 0.724. The van der Waals surface area contributed by atoms with Crippen LogP contribution in [0.1, 0.15) is 20.8 Å². The summed E-state index contributed by atoms with van der Waals surface area (Å²) >= 11 is 0. The molecule has 0 aliphatic carbocycles. The highest BCUT2D eigenvalue weighted by Gasteiger charge is 2.45. The summed E-state index contributed by atoms with van der Waals surface area (Å²) in [5, 5.41) is 0. The van der Waals surface area contributed by atoms with Gasteiger partial charge in [-0.3, -0.25) is 0 Å². The number of anilines is 1. The van der Waals surface area contributed by atoms with Crippen LogP contribution in [-0.2, 0) is 0 Å². The van der Waals surface area contributed by atoms with Gasteiger partial charge in [0, 0.05) is 11.7 Å².